The third kappa shape index (κ3) is 6.07. The fourth-order valence-electron chi connectivity index (χ4n) is 2.52. The Bertz CT molecular complexity index is 1140. The van der Waals surface area contributed by atoms with Gasteiger partial charge in [-0.25, -0.2) is 8.42 Å². The van der Waals surface area contributed by atoms with Crippen LogP contribution in [0.25, 0.3) is 6.08 Å². The Hall–Kier alpha value is -2.85. The minimum atomic E-state index is -3.71. The number of sulfonamides is 1. The molecule has 1 amide bonds. The minimum Gasteiger partial charge on any atom is -0.497 e. The number of hydrogen-bond donors (Lipinski definition) is 2. The van der Waals surface area contributed by atoms with Gasteiger partial charge in [-0.15, -0.1) is 0 Å². The van der Waals surface area contributed by atoms with E-state index in [4.69, 9.17) is 4.74 Å². The number of hydrogen-bond acceptors (Lipinski definition) is 4. The highest BCUT2D eigenvalue weighted by Gasteiger charge is 2.14. The fourth-order valence-corrected chi connectivity index (χ4v) is 3.94. The second-order valence-corrected chi connectivity index (χ2v) is 9.16. The molecule has 0 aliphatic heterocycles. The SMILES string of the molecule is COc1ccc(C=CC(=O)Nc2ccc(S(=O)(=O)Nc3ccc(I)cc3)cc2)cc1. The molecule has 0 bridgehead atoms. The van der Waals surface area contributed by atoms with Crippen molar-refractivity contribution >= 4 is 56.0 Å². The summed E-state index contributed by atoms with van der Waals surface area (Å²) in [4.78, 5) is 12.2. The molecule has 154 valence electrons. The number of carbonyl (C=O) groups excluding carboxylic acids is 1. The molecule has 8 heteroatoms. The lowest BCUT2D eigenvalue weighted by Crippen LogP contribution is -2.13. The Morgan fingerprint density at radius 1 is 0.900 bits per heavy atom. The number of methoxy groups -OCH3 is 1. The summed E-state index contributed by atoms with van der Waals surface area (Å²) in [7, 11) is -2.12. The molecule has 0 heterocycles. The lowest BCUT2D eigenvalue weighted by molar-refractivity contribution is -0.111. The predicted octanol–water partition coefficient (Wildman–Crippen LogP) is 4.75. The van der Waals surface area contributed by atoms with E-state index in [0.717, 1.165) is 14.9 Å². The van der Waals surface area contributed by atoms with Gasteiger partial charge >= 0.3 is 0 Å². The molecule has 0 fully saturated rings. The van der Waals surface area contributed by atoms with E-state index in [0.29, 0.717) is 11.4 Å². The maximum Gasteiger partial charge on any atom is 0.261 e. The van der Waals surface area contributed by atoms with E-state index in [1.54, 1.807) is 49.6 Å². The van der Waals surface area contributed by atoms with Crippen LogP contribution in [0.1, 0.15) is 5.56 Å². The first kappa shape index (κ1) is 21.8. The smallest absolute Gasteiger partial charge is 0.261 e. The number of anilines is 2. The maximum atomic E-state index is 12.5. The van der Waals surface area contributed by atoms with Crippen LogP contribution >= 0.6 is 22.6 Å². The molecule has 0 unspecified atom stereocenters. The summed E-state index contributed by atoms with van der Waals surface area (Å²) in [5.41, 5.74) is 1.83. The third-order valence-electron chi connectivity index (χ3n) is 4.07. The van der Waals surface area contributed by atoms with Crippen LogP contribution in [0.5, 0.6) is 5.75 Å². The van der Waals surface area contributed by atoms with Crippen molar-refractivity contribution in [3.63, 3.8) is 0 Å². The molecule has 0 radical (unpaired) electrons. The van der Waals surface area contributed by atoms with Crippen LogP contribution in [-0.4, -0.2) is 21.4 Å². The second kappa shape index (κ2) is 9.77. The quantitative estimate of drug-likeness (QED) is 0.339. The van der Waals surface area contributed by atoms with Gasteiger partial charge in [0.1, 0.15) is 5.75 Å². The Morgan fingerprint density at radius 2 is 1.50 bits per heavy atom. The number of nitrogens with one attached hydrogen (secondary N) is 2. The van der Waals surface area contributed by atoms with Gasteiger partial charge in [-0.1, -0.05) is 12.1 Å². The van der Waals surface area contributed by atoms with E-state index in [1.165, 1.54) is 18.2 Å². The zero-order valence-electron chi connectivity index (χ0n) is 16.0. The molecule has 0 atom stereocenters. The molecule has 0 aliphatic carbocycles. The normalized spacial score (nSPS) is 11.3. The van der Waals surface area contributed by atoms with Crippen molar-refractivity contribution in [3.05, 3.63) is 88.0 Å². The topological polar surface area (TPSA) is 84.5 Å². The van der Waals surface area contributed by atoms with Gasteiger partial charge in [-0.2, -0.15) is 0 Å². The van der Waals surface area contributed by atoms with E-state index in [1.807, 2.05) is 24.3 Å². The van der Waals surface area contributed by atoms with Crippen LogP contribution in [0, 0.1) is 3.57 Å². The first-order valence-electron chi connectivity index (χ1n) is 8.87. The van der Waals surface area contributed by atoms with Gasteiger partial charge in [-0.05, 0) is 94.9 Å². The van der Waals surface area contributed by atoms with Gasteiger partial charge in [0, 0.05) is 21.0 Å². The zero-order chi connectivity index (χ0) is 21.6. The second-order valence-electron chi connectivity index (χ2n) is 6.23. The average molecular weight is 534 g/mol. The molecule has 0 spiro atoms. The van der Waals surface area contributed by atoms with Crippen LogP contribution in [-0.2, 0) is 14.8 Å². The Morgan fingerprint density at radius 3 is 2.10 bits per heavy atom. The van der Waals surface area contributed by atoms with E-state index in [2.05, 4.69) is 32.6 Å². The molecule has 3 aromatic carbocycles. The van der Waals surface area contributed by atoms with Gasteiger partial charge in [0.05, 0.1) is 12.0 Å². The van der Waals surface area contributed by atoms with Crippen LogP contribution in [0.4, 0.5) is 11.4 Å². The van der Waals surface area contributed by atoms with Gasteiger partial charge in [0.2, 0.25) is 5.91 Å². The van der Waals surface area contributed by atoms with Crippen molar-refractivity contribution in [1.29, 1.82) is 0 Å². The standard InChI is InChI=1S/C22H19IN2O4S/c1-29-20-11-2-16(3-12-20)4-15-22(26)24-18-9-13-21(14-10-18)30(27,28)25-19-7-5-17(23)6-8-19/h2-15,25H,1H3,(H,24,26). The molecule has 3 aromatic rings. The summed E-state index contributed by atoms with van der Waals surface area (Å²) < 4.78 is 33.6. The number of carbonyl (C=O) groups is 1. The molecular weight excluding hydrogens is 515 g/mol. The molecule has 2 N–H and O–H groups in total. The van der Waals surface area contributed by atoms with Crippen molar-refractivity contribution in [1.82, 2.24) is 0 Å². The average Bonchev–Trinajstić information content (AvgIpc) is 2.74. The lowest BCUT2D eigenvalue weighted by Gasteiger charge is -2.09. The summed E-state index contributed by atoms with van der Waals surface area (Å²) in [6.45, 7) is 0. The number of halogens is 1. The number of rotatable bonds is 7. The highest BCUT2D eigenvalue weighted by Crippen LogP contribution is 2.19. The van der Waals surface area contributed by atoms with E-state index >= 15 is 0 Å². The zero-order valence-corrected chi connectivity index (χ0v) is 19.0. The van der Waals surface area contributed by atoms with E-state index < -0.39 is 10.0 Å². The molecule has 0 aliphatic rings. The largest absolute Gasteiger partial charge is 0.497 e. The van der Waals surface area contributed by atoms with Crippen molar-refractivity contribution < 1.29 is 17.9 Å². The monoisotopic (exact) mass is 534 g/mol. The van der Waals surface area contributed by atoms with Gasteiger partial charge < -0.3 is 10.1 Å². The van der Waals surface area contributed by atoms with Crippen molar-refractivity contribution in [3.8, 4) is 5.75 Å². The van der Waals surface area contributed by atoms with Crippen LogP contribution < -0.4 is 14.8 Å². The summed E-state index contributed by atoms with van der Waals surface area (Å²) in [6.07, 6.45) is 3.09. The third-order valence-corrected chi connectivity index (χ3v) is 6.19. The molecular formula is C22H19IN2O4S. The van der Waals surface area contributed by atoms with Crippen molar-refractivity contribution in [2.45, 2.75) is 4.90 Å². The number of ether oxygens (including phenoxy) is 1. The van der Waals surface area contributed by atoms with Crippen molar-refractivity contribution in [2.24, 2.45) is 0 Å². The Kier molecular flexibility index (Phi) is 7.11. The Balaban J connectivity index is 1.62. The van der Waals surface area contributed by atoms with E-state index in [-0.39, 0.29) is 10.8 Å². The fraction of sp³-hybridized carbons (Fsp3) is 0.0455. The first-order chi connectivity index (χ1) is 14.4. The summed E-state index contributed by atoms with van der Waals surface area (Å²) in [6, 6.07) is 20.3. The van der Waals surface area contributed by atoms with Gasteiger partial charge in [-0.3, -0.25) is 9.52 Å². The molecule has 6 nitrogen and oxygen atoms in total. The highest BCUT2D eigenvalue weighted by molar-refractivity contribution is 14.1. The van der Waals surface area contributed by atoms with E-state index in [9.17, 15) is 13.2 Å². The molecule has 3 rings (SSSR count). The lowest BCUT2D eigenvalue weighted by atomic mass is 10.2. The van der Waals surface area contributed by atoms with Crippen LogP contribution in [0.15, 0.2) is 83.8 Å². The number of benzene rings is 3. The predicted molar refractivity (Wildman–Crippen MR) is 127 cm³/mol. The van der Waals surface area contributed by atoms with Crippen LogP contribution in [0.2, 0.25) is 0 Å². The first-order valence-corrected chi connectivity index (χ1v) is 11.4. The van der Waals surface area contributed by atoms with Crippen molar-refractivity contribution in [2.75, 3.05) is 17.1 Å². The Labute approximate surface area is 189 Å². The van der Waals surface area contributed by atoms with Gasteiger partial charge in [0.25, 0.3) is 10.0 Å². The highest BCUT2D eigenvalue weighted by atomic mass is 127. The van der Waals surface area contributed by atoms with Crippen LogP contribution in [0.3, 0.4) is 0 Å². The summed E-state index contributed by atoms with van der Waals surface area (Å²) in [5, 5.41) is 2.70. The van der Waals surface area contributed by atoms with Gasteiger partial charge in [0.15, 0.2) is 0 Å². The molecule has 30 heavy (non-hydrogen) atoms. The molecule has 0 saturated heterocycles. The maximum absolute atomic E-state index is 12.5. The minimum absolute atomic E-state index is 0.104. The number of amides is 1. The molecule has 0 aromatic heterocycles. The molecule has 0 saturated carbocycles. The summed E-state index contributed by atoms with van der Waals surface area (Å²) in [5.74, 6) is 0.418. The summed E-state index contributed by atoms with van der Waals surface area (Å²) >= 11 is 2.15.